The van der Waals surface area contributed by atoms with E-state index in [4.69, 9.17) is 27.9 Å². The van der Waals surface area contributed by atoms with Gasteiger partial charge in [0.05, 0.1) is 10.0 Å². The summed E-state index contributed by atoms with van der Waals surface area (Å²) in [6.45, 7) is 5.25. The van der Waals surface area contributed by atoms with Crippen LogP contribution >= 0.6 is 39.1 Å². The molecule has 108 valence electrons. The summed E-state index contributed by atoms with van der Waals surface area (Å²) < 4.78 is 6.25. The van der Waals surface area contributed by atoms with Crippen molar-refractivity contribution in [3.8, 4) is 5.75 Å². The van der Waals surface area contributed by atoms with Crippen LogP contribution in [0.2, 0.25) is 10.0 Å². The van der Waals surface area contributed by atoms with Gasteiger partial charge in [-0.05, 0) is 41.9 Å². The normalized spacial score (nSPS) is 14.2. The number of halogens is 3. The molecule has 0 bridgehead atoms. The lowest BCUT2D eigenvalue weighted by Gasteiger charge is -2.24. The summed E-state index contributed by atoms with van der Waals surface area (Å²) >= 11 is 15.3. The molecule has 0 aliphatic rings. The molecular weight excluding hydrogens is 353 g/mol. The molecule has 1 rings (SSSR count). The van der Waals surface area contributed by atoms with Crippen molar-refractivity contribution in [1.82, 2.24) is 5.32 Å². The highest BCUT2D eigenvalue weighted by molar-refractivity contribution is 9.10. The van der Waals surface area contributed by atoms with Gasteiger partial charge in [0, 0.05) is 17.1 Å². The number of aliphatic hydroxyl groups is 1. The molecule has 19 heavy (non-hydrogen) atoms. The van der Waals surface area contributed by atoms with Crippen LogP contribution in [0.3, 0.4) is 0 Å². The van der Waals surface area contributed by atoms with Crippen LogP contribution in [-0.4, -0.2) is 30.4 Å². The molecule has 0 heterocycles. The van der Waals surface area contributed by atoms with E-state index in [0.29, 0.717) is 26.8 Å². The van der Waals surface area contributed by atoms with E-state index in [1.165, 1.54) is 0 Å². The molecule has 0 amide bonds. The van der Waals surface area contributed by atoms with Crippen LogP contribution in [0.15, 0.2) is 16.6 Å². The van der Waals surface area contributed by atoms with Crippen LogP contribution in [0.25, 0.3) is 0 Å². The van der Waals surface area contributed by atoms with Gasteiger partial charge < -0.3 is 15.2 Å². The quantitative estimate of drug-likeness (QED) is 0.565. The number of ether oxygens (including phenoxy) is 1. The Morgan fingerprint density at radius 1 is 1.37 bits per heavy atom. The van der Waals surface area contributed by atoms with Crippen LogP contribution in [-0.2, 0) is 0 Å². The third-order valence-electron chi connectivity index (χ3n) is 2.45. The molecular formula is C13H18BrCl2NO2. The minimum absolute atomic E-state index is 0.140. The van der Waals surface area contributed by atoms with Crippen LogP contribution in [0.4, 0.5) is 0 Å². The highest BCUT2D eigenvalue weighted by Crippen LogP contribution is 2.34. The second-order valence-corrected chi connectivity index (χ2v) is 6.33. The Kier molecular flexibility index (Phi) is 6.91. The van der Waals surface area contributed by atoms with E-state index in [1.54, 1.807) is 19.1 Å². The zero-order valence-electron chi connectivity index (χ0n) is 11.0. The topological polar surface area (TPSA) is 41.5 Å². The maximum Gasteiger partial charge on any atom is 0.139 e. The summed E-state index contributed by atoms with van der Waals surface area (Å²) in [5.41, 5.74) is -0.960. The van der Waals surface area contributed by atoms with Gasteiger partial charge in [0.15, 0.2) is 0 Å². The summed E-state index contributed by atoms with van der Waals surface area (Å²) in [5.74, 6) is 0.464. The van der Waals surface area contributed by atoms with E-state index in [1.807, 2.05) is 0 Å². The number of benzene rings is 1. The number of nitrogens with one attached hydrogen (secondary N) is 1. The Labute approximate surface area is 132 Å². The zero-order chi connectivity index (χ0) is 14.5. The summed E-state index contributed by atoms with van der Waals surface area (Å²) in [6, 6.07) is 3.30. The fraction of sp³-hybridized carbons (Fsp3) is 0.538. The van der Waals surface area contributed by atoms with E-state index in [-0.39, 0.29) is 6.61 Å². The SMILES string of the molecule is CCCNCC(C)(O)COc1cc(Cl)c(Br)cc1Cl. The molecule has 0 aromatic heterocycles. The van der Waals surface area contributed by atoms with Crippen LogP contribution in [0.1, 0.15) is 20.3 Å². The molecule has 0 aliphatic heterocycles. The van der Waals surface area contributed by atoms with Gasteiger partial charge in [-0.15, -0.1) is 0 Å². The number of hydrogen-bond acceptors (Lipinski definition) is 3. The first-order valence-corrected chi connectivity index (χ1v) is 7.61. The fourth-order valence-corrected chi connectivity index (χ4v) is 2.28. The fourth-order valence-electron chi connectivity index (χ4n) is 1.43. The molecule has 0 spiro atoms. The summed E-state index contributed by atoms with van der Waals surface area (Å²) in [4.78, 5) is 0. The average Bonchev–Trinajstić information content (AvgIpc) is 2.32. The minimum atomic E-state index is -0.960. The Balaban J connectivity index is 2.58. The van der Waals surface area contributed by atoms with Crippen LogP contribution in [0.5, 0.6) is 5.75 Å². The second kappa shape index (κ2) is 7.70. The second-order valence-electron chi connectivity index (χ2n) is 4.66. The monoisotopic (exact) mass is 369 g/mol. The van der Waals surface area contributed by atoms with Crippen molar-refractivity contribution in [2.24, 2.45) is 0 Å². The number of rotatable bonds is 7. The molecule has 1 aromatic rings. The molecule has 6 heteroatoms. The largest absolute Gasteiger partial charge is 0.489 e. The molecule has 0 radical (unpaired) electrons. The van der Waals surface area contributed by atoms with Gasteiger partial charge in [0.1, 0.15) is 18.0 Å². The van der Waals surface area contributed by atoms with Gasteiger partial charge in [0.2, 0.25) is 0 Å². The minimum Gasteiger partial charge on any atom is -0.489 e. The Morgan fingerprint density at radius 2 is 2.05 bits per heavy atom. The molecule has 0 aliphatic carbocycles. The van der Waals surface area contributed by atoms with Gasteiger partial charge in [-0.25, -0.2) is 0 Å². The van der Waals surface area contributed by atoms with Gasteiger partial charge in [-0.2, -0.15) is 0 Å². The Bertz CT molecular complexity index is 427. The van der Waals surface area contributed by atoms with Crippen molar-refractivity contribution < 1.29 is 9.84 Å². The molecule has 0 saturated heterocycles. The summed E-state index contributed by atoms with van der Waals surface area (Å²) in [6.07, 6.45) is 1.02. The lowest BCUT2D eigenvalue weighted by molar-refractivity contribution is 0.0125. The van der Waals surface area contributed by atoms with Gasteiger partial charge in [-0.3, -0.25) is 0 Å². The van der Waals surface area contributed by atoms with E-state index in [9.17, 15) is 5.11 Å². The van der Waals surface area contributed by atoms with Gasteiger partial charge in [0.25, 0.3) is 0 Å². The molecule has 2 N–H and O–H groups in total. The van der Waals surface area contributed by atoms with Crippen molar-refractivity contribution in [3.05, 3.63) is 26.7 Å². The highest BCUT2D eigenvalue weighted by Gasteiger charge is 2.21. The maximum absolute atomic E-state index is 10.1. The average molecular weight is 371 g/mol. The molecule has 0 fully saturated rings. The van der Waals surface area contributed by atoms with E-state index < -0.39 is 5.60 Å². The number of hydrogen-bond donors (Lipinski definition) is 2. The molecule has 1 atom stereocenters. The molecule has 1 aromatic carbocycles. The van der Waals surface area contributed by atoms with E-state index in [0.717, 1.165) is 13.0 Å². The first kappa shape index (κ1) is 17.1. The molecule has 1 unspecified atom stereocenters. The Morgan fingerprint density at radius 3 is 2.68 bits per heavy atom. The summed E-state index contributed by atoms with van der Waals surface area (Å²) in [5, 5.41) is 14.3. The standard InChI is InChI=1S/C13H18BrCl2NO2/c1-3-4-17-7-13(2,18)8-19-12-6-10(15)9(14)5-11(12)16/h5-6,17-18H,3-4,7-8H2,1-2H3. The van der Waals surface area contributed by atoms with Crippen molar-refractivity contribution >= 4 is 39.1 Å². The first-order valence-electron chi connectivity index (χ1n) is 6.06. The summed E-state index contributed by atoms with van der Waals surface area (Å²) in [7, 11) is 0. The van der Waals surface area contributed by atoms with Crippen molar-refractivity contribution in [1.29, 1.82) is 0 Å². The van der Waals surface area contributed by atoms with Crippen molar-refractivity contribution in [3.63, 3.8) is 0 Å². The Hall–Kier alpha value is -0.0000000000000000555. The molecule has 0 saturated carbocycles. The maximum atomic E-state index is 10.1. The van der Waals surface area contributed by atoms with Gasteiger partial charge in [-0.1, -0.05) is 30.1 Å². The van der Waals surface area contributed by atoms with Crippen molar-refractivity contribution in [2.75, 3.05) is 19.7 Å². The smallest absolute Gasteiger partial charge is 0.139 e. The predicted molar refractivity (Wildman–Crippen MR) is 83.4 cm³/mol. The zero-order valence-corrected chi connectivity index (χ0v) is 14.1. The van der Waals surface area contributed by atoms with Gasteiger partial charge >= 0.3 is 0 Å². The van der Waals surface area contributed by atoms with E-state index in [2.05, 4.69) is 28.2 Å². The predicted octanol–water partition coefficient (Wildman–Crippen LogP) is 3.89. The lowest BCUT2D eigenvalue weighted by Crippen LogP contribution is -2.43. The highest BCUT2D eigenvalue weighted by atomic mass is 79.9. The first-order chi connectivity index (χ1) is 8.85. The van der Waals surface area contributed by atoms with E-state index >= 15 is 0 Å². The third-order valence-corrected chi connectivity index (χ3v) is 3.94. The lowest BCUT2D eigenvalue weighted by atomic mass is 10.1. The van der Waals surface area contributed by atoms with Crippen molar-refractivity contribution in [2.45, 2.75) is 25.9 Å². The van der Waals surface area contributed by atoms with Crippen LogP contribution < -0.4 is 10.1 Å². The third kappa shape index (κ3) is 5.88. The van der Waals surface area contributed by atoms with Crippen LogP contribution in [0, 0.1) is 0 Å². The molecule has 3 nitrogen and oxygen atoms in total.